The summed E-state index contributed by atoms with van der Waals surface area (Å²) in [6, 6.07) is 16.3. The monoisotopic (exact) mass is 519 g/mol. The predicted octanol–water partition coefficient (Wildman–Crippen LogP) is 5.00. The molecule has 0 radical (unpaired) electrons. The van der Waals surface area contributed by atoms with E-state index in [0.717, 1.165) is 22.6 Å². The van der Waals surface area contributed by atoms with Crippen molar-refractivity contribution in [3.63, 3.8) is 0 Å². The Labute approximate surface area is 226 Å². The second-order valence-electron chi connectivity index (χ2n) is 11.1. The zero-order valence-corrected chi connectivity index (χ0v) is 23.2. The molecule has 2 N–H and O–H groups in total. The Morgan fingerprint density at radius 3 is 2.32 bits per heavy atom. The maximum Gasteiger partial charge on any atom is 0.245 e. The van der Waals surface area contributed by atoms with Crippen LogP contribution in [0.25, 0.3) is 0 Å². The number of nitrogens with one attached hydrogen (secondary N) is 2. The van der Waals surface area contributed by atoms with Crippen molar-refractivity contribution in [1.29, 1.82) is 0 Å². The van der Waals surface area contributed by atoms with Crippen molar-refractivity contribution in [1.82, 2.24) is 10.6 Å². The Hall–Kier alpha value is -3.61. The fourth-order valence-corrected chi connectivity index (χ4v) is 4.05. The van der Waals surface area contributed by atoms with Crippen molar-refractivity contribution < 1.29 is 19.1 Å². The summed E-state index contributed by atoms with van der Waals surface area (Å²) in [6.45, 7) is 10.9. The van der Waals surface area contributed by atoms with Crippen molar-refractivity contribution in [3.05, 3.63) is 78.1 Å². The van der Waals surface area contributed by atoms with Crippen LogP contribution >= 0.6 is 0 Å². The third kappa shape index (κ3) is 10.0. The highest BCUT2D eigenvalue weighted by atomic mass is 16.5. The highest BCUT2D eigenvalue weighted by Crippen LogP contribution is 2.17. The summed E-state index contributed by atoms with van der Waals surface area (Å²) in [6.07, 6.45) is 5.01. The fraction of sp³-hybridized carbons (Fsp3) is 0.452. The molecule has 2 amide bonds. The molecule has 204 valence electrons. The van der Waals surface area contributed by atoms with Crippen LogP contribution in [-0.2, 0) is 27.4 Å². The highest BCUT2D eigenvalue weighted by molar-refractivity contribution is 5.98. The van der Waals surface area contributed by atoms with Gasteiger partial charge >= 0.3 is 0 Å². The third-order valence-electron chi connectivity index (χ3n) is 5.89. The van der Waals surface area contributed by atoms with Crippen LogP contribution < -0.4 is 15.4 Å². The van der Waals surface area contributed by atoms with Gasteiger partial charge in [0.1, 0.15) is 24.4 Å². The van der Waals surface area contributed by atoms with E-state index >= 15 is 0 Å². The van der Waals surface area contributed by atoms with E-state index in [0.29, 0.717) is 32.5 Å². The Bertz CT molecular complexity index is 1100. The van der Waals surface area contributed by atoms with E-state index < -0.39 is 17.6 Å². The van der Waals surface area contributed by atoms with Gasteiger partial charge in [0.05, 0.1) is 12.9 Å². The third-order valence-corrected chi connectivity index (χ3v) is 5.89. The van der Waals surface area contributed by atoms with Crippen LogP contribution in [0.15, 0.2) is 71.9 Å². The zero-order valence-electron chi connectivity index (χ0n) is 23.2. The van der Waals surface area contributed by atoms with Gasteiger partial charge < -0.3 is 20.1 Å². The molecule has 7 heteroatoms. The lowest BCUT2D eigenvalue weighted by Crippen LogP contribution is -2.54. The number of carbonyl (C=O) groups is 2. The number of nitrogens with zero attached hydrogens (tertiary/aromatic N) is 1. The molecular formula is C31H41N3O4. The molecule has 0 bridgehead atoms. The van der Waals surface area contributed by atoms with Crippen LogP contribution in [0.1, 0.15) is 58.6 Å². The Balaban J connectivity index is 1.72. The molecule has 0 saturated heterocycles. The van der Waals surface area contributed by atoms with Gasteiger partial charge in [-0.3, -0.25) is 14.6 Å². The number of rotatable bonds is 11. The summed E-state index contributed by atoms with van der Waals surface area (Å²) >= 11 is 0. The Kier molecular flexibility index (Phi) is 10.5. The molecule has 0 aromatic heterocycles. The number of allylic oxidation sites excluding steroid dienone is 1. The number of benzene rings is 2. The molecular weight excluding hydrogens is 478 g/mol. The van der Waals surface area contributed by atoms with Gasteiger partial charge in [0.2, 0.25) is 11.8 Å². The second kappa shape index (κ2) is 13.8. The summed E-state index contributed by atoms with van der Waals surface area (Å²) in [5.41, 5.74) is 2.41. The molecule has 1 heterocycles. The Morgan fingerprint density at radius 2 is 1.71 bits per heavy atom. The van der Waals surface area contributed by atoms with Gasteiger partial charge in [-0.05, 0) is 62.4 Å². The minimum absolute atomic E-state index is 0.225. The second-order valence-corrected chi connectivity index (χ2v) is 11.1. The lowest BCUT2D eigenvalue weighted by Gasteiger charge is -2.27. The van der Waals surface area contributed by atoms with Gasteiger partial charge in [0.15, 0.2) is 0 Å². The summed E-state index contributed by atoms with van der Waals surface area (Å²) in [5, 5.41) is 6.01. The lowest BCUT2D eigenvalue weighted by atomic mass is 10.00. The maximum atomic E-state index is 13.4. The summed E-state index contributed by atoms with van der Waals surface area (Å²) < 4.78 is 11.1. The van der Waals surface area contributed by atoms with Gasteiger partial charge in [-0.25, -0.2) is 0 Å². The zero-order chi connectivity index (χ0) is 27.5. The summed E-state index contributed by atoms with van der Waals surface area (Å²) in [7, 11) is 0. The summed E-state index contributed by atoms with van der Waals surface area (Å²) in [5.74, 6) is 0.541. The predicted molar refractivity (Wildman–Crippen MR) is 151 cm³/mol. The van der Waals surface area contributed by atoms with E-state index in [4.69, 9.17) is 14.5 Å². The van der Waals surface area contributed by atoms with Gasteiger partial charge in [0.25, 0.3) is 0 Å². The number of carbonyl (C=O) groups excluding carboxylic acids is 2. The molecule has 3 rings (SSSR count). The molecule has 2 atom stereocenters. The minimum atomic E-state index is -0.738. The molecule has 2 aromatic carbocycles. The number of aliphatic imine (C=N–C) groups is 1. The largest absolute Gasteiger partial charge is 0.501 e. The van der Waals surface area contributed by atoms with Gasteiger partial charge in [-0.15, -0.1) is 0 Å². The normalized spacial score (nSPS) is 16.0. The van der Waals surface area contributed by atoms with E-state index in [9.17, 15) is 9.59 Å². The van der Waals surface area contributed by atoms with Crippen LogP contribution in [0, 0.1) is 5.92 Å². The molecule has 1 aliphatic rings. The lowest BCUT2D eigenvalue weighted by molar-refractivity contribution is -0.130. The van der Waals surface area contributed by atoms with E-state index in [1.807, 2.05) is 75.4 Å². The molecule has 0 fully saturated rings. The van der Waals surface area contributed by atoms with Crippen LogP contribution in [0.5, 0.6) is 5.75 Å². The van der Waals surface area contributed by atoms with Crippen molar-refractivity contribution >= 4 is 17.5 Å². The molecule has 38 heavy (non-hydrogen) atoms. The van der Waals surface area contributed by atoms with E-state index in [-0.39, 0.29) is 17.7 Å². The van der Waals surface area contributed by atoms with E-state index in [2.05, 4.69) is 24.5 Å². The summed E-state index contributed by atoms with van der Waals surface area (Å²) in [4.78, 5) is 31.4. The van der Waals surface area contributed by atoms with Gasteiger partial charge in [-0.1, -0.05) is 56.3 Å². The SMILES string of the molecule is CC(C)CC(N=C1C=COCC1)C(=O)NC(Cc1ccc(OCc2ccccc2)cc1)C(=O)NC(C)(C)C. The molecule has 0 saturated carbocycles. The average Bonchev–Trinajstić information content (AvgIpc) is 2.87. The number of hydrogen-bond donors (Lipinski definition) is 2. The Morgan fingerprint density at radius 1 is 1.00 bits per heavy atom. The molecule has 0 spiro atoms. The maximum absolute atomic E-state index is 13.4. The molecule has 2 aromatic rings. The van der Waals surface area contributed by atoms with Crippen LogP contribution in [-0.4, -0.2) is 41.8 Å². The van der Waals surface area contributed by atoms with Crippen LogP contribution in [0.2, 0.25) is 0 Å². The van der Waals surface area contributed by atoms with Crippen molar-refractivity contribution in [3.8, 4) is 5.75 Å². The van der Waals surface area contributed by atoms with Crippen molar-refractivity contribution in [2.45, 2.75) is 78.1 Å². The van der Waals surface area contributed by atoms with Crippen LogP contribution in [0.3, 0.4) is 0 Å². The first kappa shape index (κ1) is 29.0. The number of ether oxygens (including phenoxy) is 2. The fourth-order valence-electron chi connectivity index (χ4n) is 4.05. The average molecular weight is 520 g/mol. The molecule has 0 aliphatic carbocycles. The highest BCUT2D eigenvalue weighted by Gasteiger charge is 2.28. The van der Waals surface area contributed by atoms with Gasteiger partial charge in [0, 0.05) is 24.1 Å². The first-order chi connectivity index (χ1) is 18.1. The molecule has 2 unspecified atom stereocenters. The molecule has 7 nitrogen and oxygen atoms in total. The van der Waals surface area contributed by atoms with Crippen LogP contribution in [0.4, 0.5) is 0 Å². The van der Waals surface area contributed by atoms with Gasteiger partial charge in [-0.2, -0.15) is 0 Å². The first-order valence-corrected chi connectivity index (χ1v) is 13.3. The number of hydrogen-bond acceptors (Lipinski definition) is 5. The number of amides is 2. The van der Waals surface area contributed by atoms with Crippen molar-refractivity contribution in [2.24, 2.45) is 10.9 Å². The molecule has 1 aliphatic heterocycles. The van der Waals surface area contributed by atoms with E-state index in [1.165, 1.54) is 0 Å². The van der Waals surface area contributed by atoms with E-state index in [1.54, 1.807) is 12.3 Å². The first-order valence-electron chi connectivity index (χ1n) is 13.3. The topological polar surface area (TPSA) is 89.0 Å². The van der Waals surface area contributed by atoms with Crippen molar-refractivity contribution in [2.75, 3.05) is 6.61 Å². The minimum Gasteiger partial charge on any atom is -0.501 e. The smallest absolute Gasteiger partial charge is 0.245 e. The quantitative estimate of drug-likeness (QED) is 0.437. The standard InChI is InChI=1S/C31H41N3O4/c1-22(2)19-27(32-25-15-17-37-18-16-25)29(35)33-28(30(36)34-31(3,4)5)20-23-11-13-26(14-12-23)38-21-24-9-7-6-8-10-24/h6-15,17,22,27-28H,16,18-21H2,1-5H3,(H,33,35)(H,34,36).